The predicted octanol–water partition coefficient (Wildman–Crippen LogP) is 7.55. The Labute approximate surface area is 309 Å². The number of halogens is 5. The number of ether oxygens (including phenoxy) is 4. The van der Waals surface area contributed by atoms with Crippen molar-refractivity contribution in [3.8, 4) is 16.9 Å². The molecule has 4 rings (SSSR count). The maximum Gasteiger partial charge on any atom is 0.514 e. The zero-order valence-electron chi connectivity index (χ0n) is 29.4. The summed E-state index contributed by atoms with van der Waals surface area (Å²) >= 11 is 0.942. The van der Waals surface area contributed by atoms with Gasteiger partial charge in [-0.2, -0.15) is 13.2 Å². The van der Waals surface area contributed by atoms with Crippen LogP contribution in [-0.2, 0) is 35.4 Å². The third-order valence-corrected chi connectivity index (χ3v) is 8.80. The van der Waals surface area contributed by atoms with Crippen molar-refractivity contribution in [1.82, 2.24) is 4.90 Å². The van der Waals surface area contributed by atoms with Gasteiger partial charge in [0.1, 0.15) is 12.2 Å². The van der Waals surface area contributed by atoms with Crippen molar-refractivity contribution < 1.29 is 64.9 Å². The van der Waals surface area contributed by atoms with Gasteiger partial charge in [0.2, 0.25) is 11.2 Å². The van der Waals surface area contributed by atoms with Crippen LogP contribution >= 0.6 is 11.3 Å². The van der Waals surface area contributed by atoms with Crippen molar-refractivity contribution in [3.63, 3.8) is 0 Å². The zero-order chi connectivity index (χ0) is 40.0. The van der Waals surface area contributed by atoms with Gasteiger partial charge in [-0.3, -0.25) is 19.2 Å². The normalized spacial score (nSPS) is 11.4. The quantitative estimate of drug-likeness (QED) is 0.0508. The number of nitrogens with one attached hydrogen (secondary N) is 1. The molecular formula is C37H33F5N2O9S. The van der Waals surface area contributed by atoms with Gasteiger partial charge in [-0.25, -0.2) is 13.6 Å². The van der Waals surface area contributed by atoms with Crippen molar-refractivity contribution in [1.29, 1.82) is 0 Å². The molecule has 0 unspecified atom stereocenters. The molecule has 0 aliphatic rings. The Morgan fingerprint density at radius 2 is 1.48 bits per heavy atom. The molecular weight excluding hydrogens is 743 g/mol. The first-order valence-corrected chi connectivity index (χ1v) is 16.9. The Hall–Kier alpha value is -5.84. The maximum absolute atomic E-state index is 16.1. The maximum atomic E-state index is 16.1. The average Bonchev–Trinajstić information content (AvgIpc) is 3.65. The number of carbonyl (C=O) groups excluding carboxylic acids is 5. The first kappa shape index (κ1) is 40.9. The van der Waals surface area contributed by atoms with Crippen LogP contribution in [0.25, 0.3) is 11.1 Å². The second-order valence-electron chi connectivity index (χ2n) is 11.7. The zero-order valence-corrected chi connectivity index (χ0v) is 30.2. The molecule has 0 bridgehead atoms. The number of esters is 2. The Kier molecular flexibility index (Phi) is 12.8. The molecule has 2 amide bonds. The van der Waals surface area contributed by atoms with Gasteiger partial charge in [-0.05, 0) is 61.5 Å². The molecule has 0 atom stereocenters. The first-order valence-electron chi connectivity index (χ1n) is 16.0. The van der Waals surface area contributed by atoms with E-state index in [-0.39, 0.29) is 34.8 Å². The van der Waals surface area contributed by atoms with E-state index in [9.17, 15) is 37.1 Å². The van der Waals surface area contributed by atoms with Crippen LogP contribution in [0.1, 0.15) is 50.6 Å². The number of amides is 2. The van der Waals surface area contributed by atoms with Gasteiger partial charge >= 0.3 is 24.3 Å². The Morgan fingerprint density at radius 3 is 2.02 bits per heavy atom. The van der Waals surface area contributed by atoms with E-state index in [1.807, 2.05) is 0 Å². The van der Waals surface area contributed by atoms with Crippen molar-refractivity contribution in [2.24, 2.45) is 0 Å². The monoisotopic (exact) mass is 776 g/mol. The third kappa shape index (κ3) is 8.68. The number of anilines is 1. The number of benzene rings is 3. The van der Waals surface area contributed by atoms with Gasteiger partial charge in [0, 0.05) is 30.6 Å². The highest BCUT2D eigenvalue weighted by molar-refractivity contribution is 7.10. The molecule has 1 heterocycles. The largest absolute Gasteiger partial charge is 0.514 e. The van der Waals surface area contributed by atoms with Gasteiger partial charge in [-0.15, -0.1) is 11.3 Å². The summed E-state index contributed by atoms with van der Waals surface area (Å²) < 4.78 is 91.3. The van der Waals surface area contributed by atoms with Gasteiger partial charge in [0.05, 0.1) is 24.5 Å². The van der Waals surface area contributed by atoms with Gasteiger partial charge in [-0.1, -0.05) is 35.9 Å². The first-order chi connectivity index (χ1) is 25.5. The number of hydrogen-bond donors (Lipinski definition) is 1. The minimum Gasteiger partial charge on any atom is -0.465 e. The van der Waals surface area contributed by atoms with Crippen LogP contribution in [0.4, 0.5) is 32.4 Å². The van der Waals surface area contributed by atoms with E-state index in [4.69, 9.17) is 18.9 Å². The van der Waals surface area contributed by atoms with E-state index >= 15 is 8.78 Å². The van der Waals surface area contributed by atoms with Crippen molar-refractivity contribution >= 4 is 46.9 Å². The number of aryl methyl sites for hydroxylation is 1. The van der Waals surface area contributed by atoms with E-state index < -0.39 is 82.3 Å². The minimum absolute atomic E-state index is 0.0682. The van der Waals surface area contributed by atoms with Crippen molar-refractivity contribution in [2.75, 3.05) is 39.2 Å². The fourth-order valence-electron chi connectivity index (χ4n) is 5.14. The van der Waals surface area contributed by atoms with Crippen molar-refractivity contribution in [2.45, 2.75) is 32.4 Å². The molecule has 0 saturated heterocycles. The van der Waals surface area contributed by atoms with Crippen LogP contribution in [0.15, 0.2) is 66.0 Å². The van der Waals surface area contributed by atoms with Gasteiger partial charge < -0.3 is 29.2 Å². The number of hydrogen-bond acceptors (Lipinski definition) is 10. The highest BCUT2D eigenvalue weighted by Gasteiger charge is 2.53. The lowest BCUT2D eigenvalue weighted by atomic mass is 9.87. The third-order valence-electron chi connectivity index (χ3n) is 7.77. The second-order valence-corrected chi connectivity index (χ2v) is 12.6. The molecule has 0 aliphatic heterocycles. The highest BCUT2D eigenvalue weighted by Crippen LogP contribution is 2.36. The minimum atomic E-state index is -4.61. The predicted molar refractivity (Wildman–Crippen MR) is 185 cm³/mol. The van der Waals surface area contributed by atoms with Crippen LogP contribution in [-0.4, -0.2) is 68.7 Å². The summed E-state index contributed by atoms with van der Waals surface area (Å²) in [5.74, 6) is -9.09. The Balaban J connectivity index is 1.69. The summed E-state index contributed by atoms with van der Waals surface area (Å²) in [6.07, 6.45) is -6.40. The van der Waals surface area contributed by atoms with Crippen LogP contribution in [0.5, 0.6) is 5.75 Å². The Morgan fingerprint density at radius 1 is 0.852 bits per heavy atom. The lowest BCUT2D eigenvalue weighted by molar-refractivity contribution is -0.167. The summed E-state index contributed by atoms with van der Waals surface area (Å²) in [5.41, 5.74) is -4.05. The lowest BCUT2D eigenvalue weighted by Crippen LogP contribution is -2.50. The molecule has 0 saturated carbocycles. The van der Waals surface area contributed by atoms with Crippen LogP contribution in [0.2, 0.25) is 0 Å². The van der Waals surface area contributed by atoms with Crippen LogP contribution in [0, 0.1) is 18.6 Å². The molecule has 0 aliphatic carbocycles. The summed E-state index contributed by atoms with van der Waals surface area (Å²) in [6.45, 7) is 3.17. The van der Waals surface area contributed by atoms with E-state index in [1.165, 1.54) is 57.6 Å². The van der Waals surface area contributed by atoms with Crippen LogP contribution < -0.4 is 10.1 Å². The fraction of sp³-hybridized carbons (Fsp3) is 0.270. The summed E-state index contributed by atoms with van der Waals surface area (Å²) in [5, 5.41) is 3.82. The molecule has 17 heteroatoms. The molecule has 286 valence electrons. The van der Waals surface area contributed by atoms with Crippen molar-refractivity contribution in [3.05, 3.63) is 105 Å². The van der Waals surface area contributed by atoms with Gasteiger partial charge in [0.15, 0.2) is 11.6 Å². The SMILES string of the molecule is CCOC(=O)C(COC(=O)Oc1c(F)cc(NC(=O)c2cc(C)ccc2-c2ccc(C(F)(F)F)cc2)c(C(=O)N(C)C)c1F)(C(=O)OCC)c1cccs1. The second kappa shape index (κ2) is 16.9. The number of rotatable bonds is 12. The number of nitrogens with zero attached hydrogens (tertiary/aromatic N) is 1. The summed E-state index contributed by atoms with van der Waals surface area (Å²) in [4.78, 5) is 67.1. The van der Waals surface area contributed by atoms with Crippen LogP contribution in [0.3, 0.4) is 0 Å². The summed E-state index contributed by atoms with van der Waals surface area (Å²) in [6, 6.07) is 11.8. The molecule has 0 radical (unpaired) electrons. The van der Waals surface area contributed by atoms with Gasteiger partial charge in [0.25, 0.3) is 11.8 Å². The Bertz CT molecular complexity index is 2030. The van der Waals surface area contributed by atoms with E-state index in [0.717, 1.165) is 40.5 Å². The van der Waals surface area contributed by atoms with E-state index in [1.54, 1.807) is 13.0 Å². The average molecular weight is 777 g/mol. The standard InChI is InChI=1S/C37H33F5N2O9S/c1-6-50-33(47)36(34(48)51-7-2,27-9-8-16-54-27)19-52-35(49)53-30-25(38)18-26(28(29(30)39)32(46)44(4)5)43-31(45)24-17-20(3)10-15-23(24)21-11-13-22(14-12-21)37(40,41)42/h8-18H,6-7,19H2,1-5H3,(H,43,45). The number of alkyl halides is 3. The molecule has 0 spiro atoms. The smallest absolute Gasteiger partial charge is 0.465 e. The molecule has 4 aromatic rings. The highest BCUT2D eigenvalue weighted by atomic mass is 32.1. The lowest BCUT2D eigenvalue weighted by Gasteiger charge is -2.27. The number of thiophene rings is 1. The fourth-order valence-corrected chi connectivity index (χ4v) is 6.02. The molecule has 3 aromatic carbocycles. The molecule has 1 aromatic heterocycles. The molecule has 0 fully saturated rings. The topological polar surface area (TPSA) is 138 Å². The van der Waals surface area contributed by atoms with E-state index in [0.29, 0.717) is 11.6 Å². The molecule has 1 N–H and O–H groups in total. The molecule has 54 heavy (non-hydrogen) atoms. The van der Waals surface area contributed by atoms with E-state index in [2.05, 4.69) is 5.32 Å². The molecule has 11 nitrogen and oxygen atoms in total. The number of carbonyl (C=O) groups is 5. The summed E-state index contributed by atoms with van der Waals surface area (Å²) in [7, 11) is 2.45.